The molecule has 1 N–H and O–H groups in total. The fourth-order valence-electron chi connectivity index (χ4n) is 6.25. The molecule has 3 aliphatic heterocycles. The van der Waals surface area contributed by atoms with Crippen molar-refractivity contribution in [1.82, 2.24) is 4.90 Å². The third-order valence-electron chi connectivity index (χ3n) is 7.20. The first kappa shape index (κ1) is 17.3. The van der Waals surface area contributed by atoms with E-state index in [4.69, 9.17) is 10.3 Å². The molecule has 3 heterocycles. The van der Waals surface area contributed by atoms with Gasteiger partial charge in [0.05, 0.1) is 18.1 Å². The Hall–Kier alpha value is -2.76. The summed E-state index contributed by atoms with van der Waals surface area (Å²) in [4.78, 5) is 18.4. The van der Waals surface area contributed by atoms with Crippen molar-refractivity contribution < 1.29 is 9.53 Å². The predicted octanol–water partition coefficient (Wildman–Crippen LogP) is 4.16. The Morgan fingerprint density at radius 2 is 2.36 bits per heavy atom. The van der Waals surface area contributed by atoms with Gasteiger partial charge in [0.2, 0.25) is 0 Å². The van der Waals surface area contributed by atoms with E-state index in [1.807, 2.05) is 18.2 Å². The van der Waals surface area contributed by atoms with E-state index in [-0.39, 0.29) is 22.8 Å². The fraction of sp³-hybridized carbons (Fsp3) is 0.476. The number of azide groups is 1. The summed E-state index contributed by atoms with van der Waals surface area (Å²) < 4.78 is 5.19. The Kier molecular flexibility index (Phi) is 3.63. The van der Waals surface area contributed by atoms with Crippen LogP contribution in [0.25, 0.3) is 10.4 Å². The lowest BCUT2D eigenvalue weighted by Gasteiger charge is -2.53. The van der Waals surface area contributed by atoms with Gasteiger partial charge in [-0.25, -0.2) is 4.79 Å². The summed E-state index contributed by atoms with van der Waals surface area (Å²) in [6.45, 7) is 4.05. The quantitative estimate of drug-likeness (QED) is 0.281. The van der Waals surface area contributed by atoms with Gasteiger partial charge in [0, 0.05) is 46.5 Å². The zero-order valence-electron chi connectivity index (χ0n) is 16.1. The van der Waals surface area contributed by atoms with Crippen LogP contribution in [0.1, 0.15) is 31.7 Å². The zero-order chi connectivity index (χ0) is 19.5. The molecule has 0 radical (unpaired) electrons. The summed E-state index contributed by atoms with van der Waals surface area (Å²) in [6, 6.07) is 6.00. The molecule has 0 unspecified atom stereocenters. The summed E-state index contributed by atoms with van der Waals surface area (Å²) in [5.41, 5.74) is 12.9. The molecule has 1 spiro atoms. The van der Waals surface area contributed by atoms with E-state index < -0.39 is 0 Å². The molecular weight excluding hydrogens is 354 g/mol. The Bertz CT molecular complexity index is 993. The van der Waals surface area contributed by atoms with Crippen LogP contribution < -0.4 is 5.32 Å². The fourth-order valence-corrected chi connectivity index (χ4v) is 6.25. The van der Waals surface area contributed by atoms with E-state index in [0.717, 1.165) is 48.5 Å². The maximum Gasteiger partial charge on any atom is 0.335 e. The van der Waals surface area contributed by atoms with Gasteiger partial charge in [-0.1, -0.05) is 36.3 Å². The third-order valence-corrected chi connectivity index (χ3v) is 7.20. The van der Waals surface area contributed by atoms with Crippen molar-refractivity contribution in [3.63, 3.8) is 0 Å². The van der Waals surface area contributed by atoms with Gasteiger partial charge < -0.3 is 10.1 Å². The molecule has 7 nitrogen and oxygen atoms in total. The van der Waals surface area contributed by atoms with Crippen molar-refractivity contribution in [3.8, 4) is 0 Å². The SMILES string of the molecule is CC[C@]12C=CCN3CC[C@]4(C(=C(C(=O)OC)C1)Nc1cccc(N=[N+]=[N-])c14)[C@@H]32. The van der Waals surface area contributed by atoms with Crippen molar-refractivity contribution >= 4 is 17.3 Å². The molecule has 0 aromatic heterocycles. The number of nitrogens with one attached hydrogen (secondary N) is 1. The van der Waals surface area contributed by atoms with E-state index in [2.05, 4.69) is 39.3 Å². The minimum Gasteiger partial charge on any atom is -0.466 e. The van der Waals surface area contributed by atoms with Gasteiger partial charge in [0.1, 0.15) is 0 Å². The van der Waals surface area contributed by atoms with Crippen molar-refractivity contribution in [2.24, 2.45) is 10.5 Å². The van der Waals surface area contributed by atoms with Gasteiger partial charge in [-0.15, -0.1) is 0 Å². The maximum absolute atomic E-state index is 12.8. The molecule has 5 rings (SSSR count). The number of methoxy groups -OCH3 is 1. The van der Waals surface area contributed by atoms with Crippen LogP contribution in [0, 0.1) is 5.41 Å². The predicted molar refractivity (Wildman–Crippen MR) is 106 cm³/mol. The molecule has 3 atom stereocenters. The Labute approximate surface area is 163 Å². The highest BCUT2D eigenvalue weighted by Gasteiger charge is 2.65. The molecule has 0 amide bonds. The van der Waals surface area contributed by atoms with Gasteiger partial charge in [-0.05, 0) is 36.4 Å². The molecule has 28 heavy (non-hydrogen) atoms. The normalized spacial score (nSPS) is 32.1. The number of esters is 1. The number of hydrogen-bond donors (Lipinski definition) is 1. The van der Waals surface area contributed by atoms with Crippen molar-refractivity contribution in [2.75, 3.05) is 25.5 Å². The molecule has 1 aromatic rings. The first-order valence-electron chi connectivity index (χ1n) is 9.80. The van der Waals surface area contributed by atoms with Gasteiger partial charge in [-0.3, -0.25) is 4.90 Å². The highest BCUT2D eigenvalue weighted by molar-refractivity contribution is 5.94. The second-order valence-electron chi connectivity index (χ2n) is 8.14. The average molecular weight is 377 g/mol. The molecule has 0 bridgehead atoms. The topological polar surface area (TPSA) is 90.3 Å². The average Bonchev–Trinajstić information content (AvgIpc) is 3.28. The molecule has 4 aliphatic rings. The van der Waals surface area contributed by atoms with Crippen LogP contribution in [-0.4, -0.2) is 37.1 Å². The van der Waals surface area contributed by atoms with Crippen LogP contribution in [0.2, 0.25) is 0 Å². The van der Waals surface area contributed by atoms with E-state index in [1.165, 1.54) is 7.11 Å². The third kappa shape index (κ3) is 1.93. The summed E-state index contributed by atoms with van der Waals surface area (Å²) in [7, 11) is 1.44. The standard InChI is InChI=1S/C21H23N5O2/c1-3-20-8-5-10-26-11-9-21(19(20)26)16-14(6-4-7-15(16)24-25-22)23-17(21)13(12-20)18(27)28-2/h4-8,19,23H,3,9-12H2,1-2H3/t19-,20-,21-/m0/s1. The van der Waals surface area contributed by atoms with Gasteiger partial charge in [0.15, 0.2) is 0 Å². The Morgan fingerprint density at radius 1 is 1.50 bits per heavy atom. The first-order valence-corrected chi connectivity index (χ1v) is 9.80. The van der Waals surface area contributed by atoms with Gasteiger partial charge in [0.25, 0.3) is 0 Å². The summed E-state index contributed by atoms with van der Waals surface area (Å²) in [5.74, 6) is -0.274. The molecule has 1 fully saturated rings. The second kappa shape index (κ2) is 5.87. The van der Waals surface area contributed by atoms with Gasteiger partial charge in [-0.2, -0.15) is 0 Å². The number of carbonyl (C=O) groups is 1. The molecule has 1 aromatic carbocycles. The number of nitrogens with zero attached hydrogens (tertiary/aromatic N) is 4. The van der Waals surface area contributed by atoms with Crippen LogP contribution in [0.3, 0.4) is 0 Å². The minimum absolute atomic E-state index is 0.144. The maximum atomic E-state index is 12.8. The lowest BCUT2D eigenvalue weighted by atomic mass is 9.55. The molecule has 1 aliphatic carbocycles. The van der Waals surface area contributed by atoms with E-state index >= 15 is 0 Å². The highest BCUT2D eigenvalue weighted by Crippen LogP contribution is 2.65. The number of hydrogen-bond acceptors (Lipinski definition) is 5. The van der Waals surface area contributed by atoms with Gasteiger partial charge >= 0.3 is 5.97 Å². The number of carbonyl (C=O) groups excluding carboxylic acids is 1. The number of ether oxygens (including phenoxy) is 1. The van der Waals surface area contributed by atoms with Crippen LogP contribution in [-0.2, 0) is 14.9 Å². The summed E-state index contributed by atoms with van der Waals surface area (Å²) in [6.07, 6.45) is 7.02. The van der Waals surface area contributed by atoms with Crippen molar-refractivity contribution in [2.45, 2.75) is 37.6 Å². The second-order valence-corrected chi connectivity index (χ2v) is 8.14. The number of benzene rings is 1. The number of fused-ring (bicyclic) bond motifs is 1. The van der Waals surface area contributed by atoms with E-state index in [1.54, 1.807) is 0 Å². The first-order chi connectivity index (χ1) is 13.6. The zero-order valence-corrected chi connectivity index (χ0v) is 16.1. The Balaban J connectivity index is 1.87. The molecule has 0 saturated carbocycles. The van der Waals surface area contributed by atoms with Crippen LogP contribution in [0.15, 0.2) is 46.7 Å². The number of anilines is 1. The van der Waals surface area contributed by atoms with Crippen LogP contribution in [0.5, 0.6) is 0 Å². The van der Waals surface area contributed by atoms with E-state index in [9.17, 15) is 4.79 Å². The molecular formula is C21H23N5O2. The summed E-state index contributed by atoms with van der Waals surface area (Å²) in [5, 5.41) is 7.56. The van der Waals surface area contributed by atoms with Crippen molar-refractivity contribution in [1.29, 1.82) is 0 Å². The minimum atomic E-state index is -0.386. The molecule has 1 saturated heterocycles. The van der Waals surface area contributed by atoms with Crippen LogP contribution in [0.4, 0.5) is 11.4 Å². The van der Waals surface area contributed by atoms with Crippen LogP contribution >= 0.6 is 0 Å². The lowest BCUT2D eigenvalue weighted by molar-refractivity contribution is -0.137. The monoisotopic (exact) mass is 377 g/mol. The molecule has 144 valence electrons. The van der Waals surface area contributed by atoms with Crippen molar-refractivity contribution in [3.05, 3.63) is 57.6 Å². The Morgan fingerprint density at radius 3 is 3.11 bits per heavy atom. The number of rotatable bonds is 3. The summed E-state index contributed by atoms with van der Waals surface area (Å²) >= 11 is 0. The van der Waals surface area contributed by atoms with E-state index in [0.29, 0.717) is 12.1 Å². The highest BCUT2D eigenvalue weighted by atomic mass is 16.5. The lowest BCUT2D eigenvalue weighted by Crippen LogP contribution is -2.58. The smallest absolute Gasteiger partial charge is 0.335 e. The molecule has 7 heteroatoms. The largest absolute Gasteiger partial charge is 0.466 e.